The molecule has 0 saturated carbocycles. The molecule has 3 rings (SSSR count). The van der Waals surface area contributed by atoms with Gasteiger partial charge in [-0.2, -0.15) is 0 Å². The van der Waals surface area contributed by atoms with E-state index in [4.69, 9.17) is 0 Å². The number of carbonyl (C=O) groups is 2. The molecule has 5 nitrogen and oxygen atoms in total. The van der Waals surface area contributed by atoms with Crippen molar-refractivity contribution in [3.8, 4) is 0 Å². The first-order valence-electron chi connectivity index (χ1n) is 8.41. The van der Waals surface area contributed by atoms with Gasteiger partial charge in [0.2, 0.25) is 0 Å². The van der Waals surface area contributed by atoms with Crippen LogP contribution in [0, 0.1) is 12.8 Å². The van der Waals surface area contributed by atoms with Crippen molar-refractivity contribution in [2.45, 2.75) is 19.4 Å². The van der Waals surface area contributed by atoms with Crippen LogP contribution in [0.1, 0.15) is 31.3 Å². The van der Waals surface area contributed by atoms with E-state index in [-0.39, 0.29) is 30.4 Å². The topological polar surface area (TPSA) is 69.6 Å². The van der Waals surface area contributed by atoms with Gasteiger partial charge in [0.15, 0.2) is 0 Å². The molecule has 2 N–H and O–H groups in total. The van der Waals surface area contributed by atoms with Crippen LogP contribution in [0.3, 0.4) is 0 Å². The number of benzene rings is 1. The number of likely N-dealkylation sites (tertiary alicyclic amines) is 1. The molecule has 1 aliphatic heterocycles. The average Bonchev–Trinajstić information content (AvgIpc) is 3.08. The Labute approximate surface area is 151 Å². The number of piperidine rings is 1. The van der Waals surface area contributed by atoms with E-state index in [1.54, 1.807) is 17.0 Å². The first kappa shape index (κ1) is 17.6. The number of thiophene rings is 1. The maximum atomic E-state index is 12.7. The highest BCUT2D eigenvalue weighted by Gasteiger charge is 2.33. The maximum Gasteiger partial charge on any atom is 0.263 e. The van der Waals surface area contributed by atoms with Crippen LogP contribution in [0.4, 0.5) is 0 Å². The highest BCUT2D eigenvalue weighted by Crippen LogP contribution is 2.23. The summed E-state index contributed by atoms with van der Waals surface area (Å²) in [6, 6.07) is 12.5. The standard InChI is InChI=1S/C19H22N2O3S/c1-13-7-8-17(25-13)19(24)21-10-9-15(12-22)16(11-21)20-18(23)14-5-3-2-4-6-14/h2-8,15-16,22H,9-12H2,1H3,(H,20,23)/t15-,16-/m1/s1. The van der Waals surface area contributed by atoms with E-state index < -0.39 is 0 Å². The lowest BCUT2D eigenvalue weighted by Gasteiger charge is -2.38. The van der Waals surface area contributed by atoms with Gasteiger partial charge in [-0.1, -0.05) is 18.2 Å². The van der Waals surface area contributed by atoms with Gasteiger partial charge >= 0.3 is 0 Å². The molecule has 0 radical (unpaired) electrons. The molecule has 1 aliphatic rings. The van der Waals surface area contributed by atoms with Crippen molar-refractivity contribution in [1.29, 1.82) is 0 Å². The molecule has 6 heteroatoms. The summed E-state index contributed by atoms with van der Waals surface area (Å²) in [4.78, 5) is 28.7. The molecule has 132 valence electrons. The smallest absolute Gasteiger partial charge is 0.263 e. The summed E-state index contributed by atoms with van der Waals surface area (Å²) in [6.07, 6.45) is 0.673. The predicted molar refractivity (Wildman–Crippen MR) is 97.8 cm³/mol. The Morgan fingerprint density at radius 1 is 1.24 bits per heavy atom. The average molecular weight is 358 g/mol. The molecule has 0 bridgehead atoms. The maximum absolute atomic E-state index is 12.7. The van der Waals surface area contributed by atoms with E-state index in [0.29, 0.717) is 30.0 Å². The van der Waals surface area contributed by atoms with Crippen molar-refractivity contribution in [3.05, 3.63) is 57.8 Å². The van der Waals surface area contributed by atoms with Gasteiger partial charge in [0.1, 0.15) is 0 Å². The van der Waals surface area contributed by atoms with Crippen molar-refractivity contribution < 1.29 is 14.7 Å². The summed E-state index contributed by atoms with van der Waals surface area (Å²) in [5.74, 6) is -0.222. The monoisotopic (exact) mass is 358 g/mol. The number of hydrogen-bond donors (Lipinski definition) is 2. The first-order valence-corrected chi connectivity index (χ1v) is 9.22. The molecule has 2 amide bonds. The summed E-state index contributed by atoms with van der Waals surface area (Å²) < 4.78 is 0. The largest absolute Gasteiger partial charge is 0.396 e. The Morgan fingerprint density at radius 3 is 2.64 bits per heavy atom. The van der Waals surface area contributed by atoms with Crippen LogP contribution < -0.4 is 5.32 Å². The Balaban J connectivity index is 1.70. The Bertz CT molecular complexity index is 744. The molecule has 0 aliphatic carbocycles. The second-order valence-electron chi connectivity index (χ2n) is 6.34. The van der Waals surface area contributed by atoms with Gasteiger partial charge in [-0.25, -0.2) is 0 Å². The zero-order valence-corrected chi connectivity index (χ0v) is 15.0. The van der Waals surface area contributed by atoms with Crippen molar-refractivity contribution >= 4 is 23.2 Å². The van der Waals surface area contributed by atoms with Crippen LogP contribution in [-0.2, 0) is 0 Å². The van der Waals surface area contributed by atoms with E-state index in [1.165, 1.54) is 11.3 Å². The lowest BCUT2D eigenvalue weighted by atomic mass is 9.91. The minimum atomic E-state index is -0.253. The Kier molecular flexibility index (Phi) is 5.50. The first-order chi connectivity index (χ1) is 12.1. The quantitative estimate of drug-likeness (QED) is 0.881. The normalized spacial score (nSPS) is 20.3. The lowest BCUT2D eigenvalue weighted by Crippen LogP contribution is -2.54. The Hall–Kier alpha value is -2.18. The predicted octanol–water partition coefficient (Wildman–Crippen LogP) is 2.31. The Morgan fingerprint density at radius 2 is 2.00 bits per heavy atom. The fourth-order valence-electron chi connectivity index (χ4n) is 3.11. The minimum Gasteiger partial charge on any atom is -0.396 e. The van der Waals surface area contributed by atoms with Gasteiger partial charge in [0.25, 0.3) is 11.8 Å². The molecule has 1 aromatic carbocycles. The molecule has 2 aromatic rings. The van der Waals surface area contributed by atoms with E-state index in [1.807, 2.05) is 37.3 Å². The van der Waals surface area contributed by atoms with Crippen LogP contribution in [0.25, 0.3) is 0 Å². The van der Waals surface area contributed by atoms with Crippen molar-refractivity contribution in [1.82, 2.24) is 10.2 Å². The van der Waals surface area contributed by atoms with E-state index in [2.05, 4.69) is 5.32 Å². The van der Waals surface area contributed by atoms with Gasteiger partial charge in [0.05, 0.1) is 10.9 Å². The number of aryl methyl sites for hydroxylation is 1. The van der Waals surface area contributed by atoms with Gasteiger partial charge in [-0.05, 0) is 37.6 Å². The molecule has 2 heterocycles. The molecule has 2 atom stereocenters. The number of amides is 2. The molecule has 0 unspecified atom stereocenters. The second kappa shape index (κ2) is 7.80. The third-order valence-corrected chi connectivity index (χ3v) is 5.57. The van der Waals surface area contributed by atoms with Gasteiger partial charge in [-0.3, -0.25) is 9.59 Å². The molecule has 1 aromatic heterocycles. The number of aliphatic hydroxyl groups excluding tert-OH is 1. The number of hydrogen-bond acceptors (Lipinski definition) is 4. The summed E-state index contributed by atoms with van der Waals surface area (Å²) in [5, 5.41) is 12.6. The zero-order chi connectivity index (χ0) is 17.8. The van der Waals surface area contributed by atoms with E-state index in [9.17, 15) is 14.7 Å². The molecular formula is C19H22N2O3S. The molecule has 0 spiro atoms. The van der Waals surface area contributed by atoms with Crippen LogP contribution >= 0.6 is 11.3 Å². The van der Waals surface area contributed by atoms with Gasteiger partial charge in [-0.15, -0.1) is 11.3 Å². The van der Waals surface area contributed by atoms with Crippen LogP contribution in [0.5, 0.6) is 0 Å². The number of carbonyl (C=O) groups excluding carboxylic acids is 2. The van der Waals surface area contributed by atoms with Crippen LogP contribution in [0.2, 0.25) is 0 Å². The third kappa shape index (κ3) is 4.08. The summed E-state index contributed by atoms with van der Waals surface area (Å²) >= 11 is 1.48. The fraction of sp³-hybridized carbons (Fsp3) is 0.368. The second-order valence-corrected chi connectivity index (χ2v) is 7.63. The minimum absolute atomic E-state index is 0.000122. The number of aliphatic hydroxyl groups is 1. The summed E-state index contributed by atoms with van der Waals surface area (Å²) in [5.41, 5.74) is 0.580. The van der Waals surface area contributed by atoms with Crippen molar-refractivity contribution in [3.63, 3.8) is 0 Å². The fourth-order valence-corrected chi connectivity index (χ4v) is 3.95. The number of nitrogens with one attached hydrogen (secondary N) is 1. The summed E-state index contributed by atoms with van der Waals surface area (Å²) in [6.45, 7) is 2.99. The SMILES string of the molecule is Cc1ccc(C(=O)N2CC[C@H](CO)[C@H](NC(=O)c3ccccc3)C2)s1. The van der Waals surface area contributed by atoms with Crippen LogP contribution in [-0.4, -0.2) is 47.6 Å². The van der Waals surface area contributed by atoms with Gasteiger partial charge < -0.3 is 15.3 Å². The molecule has 1 fully saturated rings. The lowest BCUT2D eigenvalue weighted by molar-refractivity contribution is 0.0545. The van der Waals surface area contributed by atoms with E-state index in [0.717, 1.165) is 4.88 Å². The molecular weight excluding hydrogens is 336 g/mol. The zero-order valence-electron chi connectivity index (χ0n) is 14.1. The number of rotatable bonds is 4. The van der Waals surface area contributed by atoms with Crippen LogP contribution in [0.15, 0.2) is 42.5 Å². The van der Waals surface area contributed by atoms with Crippen molar-refractivity contribution in [2.24, 2.45) is 5.92 Å². The van der Waals surface area contributed by atoms with Gasteiger partial charge in [0, 0.05) is 36.1 Å². The summed E-state index contributed by atoms with van der Waals surface area (Å²) in [7, 11) is 0. The molecule has 25 heavy (non-hydrogen) atoms. The highest BCUT2D eigenvalue weighted by molar-refractivity contribution is 7.13. The number of nitrogens with zero attached hydrogens (tertiary/aromatic N) is 1. The third-order valence-electron chi connectivity index (χ3n) is 4.58. The van der Waals surface area contributed by atoms with Crippen molar-refractivity contribution in [2.75, 3.05) is 19.7 Å². The molecule has 1 saturated heterocycles. The van der Waals surface area contributed by atoms with E-state index >= 15 is 0 Å². The highest BCUT2D eigenvalue weighted by atomic mass is 32.1.